The molecule has 110 valence electrons. The third-order valence-corrected chi connectivity index (χ3v) is 2.26. The van der Waals surface area contributed by atoms with Crippen LogP contribution in [0.3, 0.4) is 0 Å². The van der Waals surface area contributed by atoms with Crippen LogP contribution in [-0.4, -0.2) is 25.2 Å². The van der Waals surface area contributed by atoms with Crippen molar-refractivity contribution < 1.29 is 23.5 Å². The lowest BCUT2D eigenvalue weighted by Crippen LogP contribution is -2.13. The van der Waals surface area contributed by atoms with Crippen LogP contribution in [0.2, 0.25) is 0 Å². The van der Waals surface area contributed by atoms with Gasteiger partial charge in [-0.3, -0.25) is 0 Å². The van der Waals surface area contributed by atoms with Crippen LogP contribution in [0.4, 0.5) is 4.39 Å². The van der Waals surface area contributed by atoms with E-state index in [9.17, 15) is 14.0 Å². The average molecular weight is 290 g/mol. The molecule has 0 aromatic heterocycles. The van der Waals surface area contributed by atoms with Crippen LogP contribution in [0.25, 0.3) is 0 Å². The average Bonchev–Trinajstić information content (AvgIpc) is 2.49. The van der Waals surface area contributed by atoms with Gasteiger partial charge < -0.3 is 9.47 Å². The molecule has 0 N–H and O–H groups in total. The summed E-state index contributed by atoms with van der Waals surface area (Å²) in [4.78, 5) is 23.1. The second-order valence-electron chi connectivity index (χ2n) is 3.75. The smallest absolute Gasteiger partial charge is 0.368 e. The van der Waals surface area contributed by atoms with E-state index in [1.807, 2.05) is 0 Å². The van der Waals surface area contributed by atoms with Gasteiger partial charge >= 0.3 is 11.9 Å². The van der Waals surface area contributed by atoms with Gasteiger partial charge in [0.15, 0.2) is 5.57 Å². The number of hydrogen-bond donors (Lipinski definition) is 0. The predicted molar refractivity (Wildman–Crippen MR) is 74.7 cm³/mol. The van der Waals surface area contributed by atoms with E-state index in [0.29, 0.717) is 5.56 Å². The van der Waals surface area contributed by atoms with Gasteiger partial charge in [-0.25, -0.2) is 9.59 Å². The second kappa shape index (κ2) is 8.54. The number of hydrogen-bond acceptors (Lipinski definition) is 4. The molecule has 0 aliphatic rings. The molecule has 0 aliphatic heterocycles. The van der Waals surface area contributed by atoms with Crippen molar-refractivity contribution >= 4 is 11.9 Å². The van der Waals surface area contributed by atoms with Crippen LogP contribution >= 0.6 is 0 Å². The molecule has 0 atom stereocenters. The van der Waals surface area contributed by atoms with E-state index < -0.39 is 23.3 Å². The fourth-order valence-electron chi connectivity index (χ4n) is 1.35. The predicted octanol–water partition coefficient (Wildman–Crippen LogP) is 2.39. The Kier molecular flexibility index (Phi) is 6.69. The Bertz CT molecular complexity index is 594. The SMILES string of the molecule is CCOC(=O)/C(F)=C(/C#Cc1ccccc1)C(=O)OCC. The van der Waals surface area contributed by atoms with E-state index in [1.165, 1.54) is 6.92 Å². The zero-order valence-corrected chi connectivity index (χ0v) is 11.8. The van der Waals surface area contributed by atoms with Crippen LogP contribution in [0.1, 0.15) is 19.4 Å². The van der Waals surface area contributed by atoms with E-state index in [4.69, 9.17) is 4.74 Å². The summed E-state index contributed by atoms with van der Waals surface area (Å²) < 4.78 is 23.1. The molecule has 0 saturated carbocycles. The minimum Gasteiger partial charge on any atom is -0.462 e. The van der Waals surface area contributed by atoms with Gasteiger partial charge in [-0.2, -0.15) is 4.39 Å². The van der Waals surface area contributed by atoms with Crippen molar-refractivity contribution in [3.05, 3.63) is 47.3 Å². The molecule has 0 fully saturated rings. The molecule has 1 aromatic rings. The summed E-state index contributed by atoms with van der Waals surface area (Å²) in [6.45, 7) is 3.15. The summed E-state index contributed by atoms with van der Waals surface area (Å²) in [5.41, 5.74) is -0.0601. The number of carbonyl (C=O) groups excluding carboxylic acids is 2. The fraction of sp³-hybridized carbons (Fsp3) is 0.250. The lowest BCUT2D eigenvalue weighted by Gasteiger charge is -2.03. The third kappa shape index (κ3) is 5.11. The summed E-state index contributed by atoms with van der Waals surface area (Å²) in [5.74, 6) is 1.37. The molecule has 0 spiro atoms. The third-order valence-electron chi connectivity index (χ3n) is 2.26. The van der Waals surface area contributed by atoms with E-state index in [0.717, 1.165) is 0 Å². The quantitative estimate of drug-likeness (QED) is 0.485. The molecule has 0 unspecified atom stereocenters. The van der Waals surface area contributed by atoms with E-state index in [1.54, 1.807) is 37.3 Å². The number of benzene rings is 1. The molecular weight excluding hydrogens is 275 g/mol. The van der Waals surface area contributed by atoms with Crippen molar-refractivity contribution in [1.29, 1.82) is 0 Å². The van der Waals surface area contributed by atoms with Gasteiger partial charge in [-0.1, -0.05) is 30.0 Å². The number of carbonyl (C=O) groups is 2. The van der Waals surface area contributed by atoms with Gasteiger partial charge in [0.05, 0.1) is 13.2 Å². The number of rotatable bonds is 4. The molecule has 0 radical (unpaired) electrons. The van der Waals surface area contributed by atoms with Crippen LogP contribution in [0, 0.1) is 11.8 Å². The molecule has 1 rings (SSSR count). The Morgan fingerprint density at radius 3 is 2.19 bits per heavy atom. The Labute approximate surface area is 122 Å². The highest BCUT2D eigenvalue weighted by molar-refractivity contribution is 6.02. The molecule has 5 heteroatoms. The molecule has 0 saturated heterocycles. The second-order valence-corrected chi connectivity index (χ2v) is 3.75. The minimum absolute atomic E-state index is 0.00548. The van der Waals surface area contributed by atoms with Gasteiger partial charge in [0.2, 0.25) is 5.83 Å². The highest BCUT2D eigenvalue weighted by atomic mass is 19.1. The first-order valence-electron chi connectivity index (χ1n) is 6.41. The lowest BCUT2D eigenvalue weighted by atomic mass is 10.2. The molecule has 21 heavy (non-hydrogen) atoms. The van der Waals surface area contributed by atoms with Crippen LogP contribution in [0.5, 0.6) is 0 Å². The van der Waals surface area contributed by atoms with E-state index in [2.05, 4.69) is 16.6 Å². The van der Waals surface area contributed by atoms with Crippen molar-refractivity contribution in [2.45, 2.75) is 13.8 Å². The molecular formula is C16H15FO4. The molecule has 0 heterocycles. The maximum Gasteiger partial charge on any atom is 0.368 e. The van der Waals surface area contributed by atoms with Crippen molar-refractivity contribution in [2.75, 3.05) is 13.2 Å². The molecule has 0 aliphatic carbocycles. The van der Waals surface area contributed by atoms with Crippen LogP contribution in [0.15, 0.2) is 41.7 Å². The molecule has 0 bridgehead atoms. The Hall–Kier alpha value is -2.61. The van der Waals surface area contributed by atoms with Gasteiger partial charge in [0.1, 0.15) is 0 Å². The Morgan fingerprint density at radius 1 is 1.05 bits per heavy atom. The van der Waals surface area contributed by atoms with Gasteiger partial charge in [-0.05, 0) is 26.0 Å². The topological polar surface area (TPSA) is 52.6 Å². The maximum atomic E-state index is 13.9. The number of halogens is 1. The fourth-order valence-corrected chi connectivity index (χ4v) is 1.35. The van der Waals surface area contributed by atoms with E-state index in [-0.39, 0.29) is 13.2 Å². The zero-order valence-electron chi connectivity index (χ0n) is 11.8. The summed E-state index contributed by atoms with van der Waals surface area (Å²) >= 11 is 0. The summed E-state index contributed by atoms with van der Waals surface area (Å²) in [7, 11) is 0. The van der Waals surface area contributed by atoms with Crippen molar-refractivity contribution in [3.8, 4) is 11.8 Å². The van der Waals surface area contributed by atoms with Crippen molar-refractivity contribution in [2.24, 2.45) is 0 Å². The van der Waals surface area contributed by atoms with Gasteiger partial charge in [0, 0.05) is 5.56 Å². The molecule has 1 aromatic carbocycles. The van der Waals surface area contributed by atoms with Crippen LogP contribution in [-0.2, 0) is 19.1 Å². The minimum atomic E-state index is -1.35. The van der Waals surface area contributed by atoms with Crippen molar-refractivity contribution in [3.63, 3.8) is 0 Å². The highest BCUT2D eigenvalue weighted by Crippen LogP contribution is 2.11. The highest BCUT2D eigenvalue weighted by Gasteiger charge is 2.22. The normalized spacial score (nSPS) is 10.8. The van der Waals surface area contributed by atoms with Gasteiger partial charge in [0.25, 0.3) is 0 Å². The monoisotopic (exact) mass is 290 g/mol. The summed E-state index contributed by atoms with van der Waals surface area (Å²) in [6, 6.07) is 8.68. The first-order chi connectivity index (χ1) is 10.1. The van der Waals surface area contributed by atoms with Crippen molar-refractivity contribution in [1.82, 2.24) is 0 Å². The van der Waals surface area contributed by atoms with Gasteiger partial charge in [-0.15, -0.1) is 0 Å². The standard InChI is InChI=1S/C16H15FO4/c1-3-20-15(18)13(14(17)16(19)21-4-2)11-10-12-8-6-5-7-9-12/h5-9H,3-4H2,1-2H3/b14-13+. The summed E-state index contributed by atoms with van der Waals surface area (Å²) in [6.07, 6.45) is 0. The molecule has 4 nitrogen and oxygen atoms in total. The lowest BCUT2D eigenvalue weighted by molar-refractivity contribution is -0.142. The number of esters is 2. The zero-order chi connectivity index (χ0) is 15.7. The largest absolute Gasteiger partial charge is 0.462 e. The maximum absolute atomic E-state index is 13.9. The first-order valence-corrected chi connectivity index (χ1v) is 6.41. The van der Waals surface area contributed by atoms with E-state index >= 15 is 0 Å². The Balaban J connectivity index is 3.15. The first kappa shape index (κ1) is 16.4. The number of ether oxygens (including phenoxy) is 2. The Morgan fingerprint density at radius 2 is 1.62 bits per heavy atom. The van der Waals surface area contributed by atoms with Crippen LogP contribution < -0.4 is 0 Å². The molecule has 0 amide bonds. The summed E-state index contributed by atoms with van der Waals surface area (Å²) in [5, 5.41) is 0.